The van der Waals surface area contributed by atoms with Crippen LogP contribution in [0.5, 0.6) is 0 Å². The van der Waals surface area contributed by atoms with Gasteiger partial charge >= 0.3 is 0 Å². The van der Waals surface area contributed by atoms with Crippen molar-refractivity contribution in [2.75, 3.05) is 6.54 Å². The van der Waals surface area contributed by atoms with Gasteiger partial charge in [-0.3, -0.25) is 0 Å². The van der Waals surface area contributed by atoms with E-state index in [-0.39, 0.29) is 5.41 Å². The summed E-state index contributed by atoms with van der Waals surface area (Å²) in [6, 6.07) is 0. The van der Waals surface area contributed by atoms with Crippen molar-refractivity contribution in [3.63, 3.8) is 0 Å². The van der Waals surface area contributed by atoms with Gasteiger partial charge in [-0.2, -0.15) is 4.31 Å². The lowest BCUT2D eigenvalue weighted by Gasteiger charge is -2.36. The highest BCUT2D eigenvalue weighted by Gasteiger charge is 2.40. The quantitative estimate of drug-likeness (QED) is 0.831. The van der Waals surface area contributed by atoms with Gasteiger partial charge in [-0.05, 0) is 25.3 Å². The zero-order chi connectivity index (χ0) is 16.1. The molecule has 3 rings (SSSR count). The number of thiazole rings is 1. The second-order valence-corrected chi connectivity index (χ2v) is 10.1. The van der Waals surface area contributed by atoms with E-state index in [4.69, 9.17) is 0 Å². The average molecular weight is 338 g/mol. The molecule has 6 heteroatoms. The monoisotopic (exact) mass is 338 g/mol. The number of fused-ring (bicyclic) bond motifs is 1. The van der Waals surface area contributed by atoms with Crippen LogP contribution in [0.1, 0.15) is 42.8 Å². The van der Waals surface area contributed by atoms with Crippen LogP contribution < -0.4 is 0 Å². The second-order valence-electron chi connectivity index (χ2n) is 6.84. The molecular formula is C16H22N2O2S2. The van der Waals surface area contributed by atoms with Crippen LogP contribution in [0.15, 0.2) is 23.1 Å². The molecule has 0 fully saturated rings. The fourth-order valence-corrected chi connectivity index (χ4v) is 5.92. The van der Waals surface area contributed by atoms with Gasteiger partial charge in [0, 0.05) is 16.8 Å². The number of hydrogen-bond acceptors (Lipinski definition) is 4. The molecule has 2 heterocycles. The van der Waals surface area contributed by atoms with Crippen molar-refractivity contribution in [1.29, 1.82) is 0 Å². The third-order valence-electron chi connectivity index (χ3n) is 4.25. The van der Waals surface area contributed by atoms with Crippen LogP contribution in [0.4, 0.5) is 0 Å². The van der Waals surface area contributed by atoms with Gasteiger partial charge in [-0.15, -0.1) is 11.3 Å². The highest BCUT2D eigenvalue weighted by molar-refractivity contribution is 7.93. The molecule has 1 unspecified atom stereocenters. The molecule has 1 aliphatic carbocycles. The molecule has 1 atom stereocenters. The number of nitrogens with zero attached hydrogens (tertiary/aromatic N) is 2. The standard InChI is InChI=1S/C16H22N2O2S2/c1-11-5-7-13(8-6-11)22(19,20)18-9-14-15(16(3,4)10-18)17-12(2)21-14/h5,7-8,11H,6,9-10H2,1-4H3. The smallest absolute Gasteiger partial charge is 0.243 e. The summed E-state index contributed by atoms with van der Waals surface area (Å²) in [7, 11) is -3.43. The molecule has 22 heavy (non-hydrogen) atoms. The van der Waals surface area contributed by atoms with Crippen molar-refractivity contribution in [2.24, 2.45) is 5.92 Å². The summed E-state index contributed by atoms with van der Waals surface area (Å²) in [6.07, 6.45) is 6.36. The van der Waals surface area contributed by atoms with Crippen LogP contribution in [-0.4, -0.2) is 24.3 Å². The van der Waals surface area contributed by atoms with Crippen molar-refractivity contribution >= 4 is 21.4 Å². The lowest BCUT2D eigenvalue weighted by atomic mass is 9.86. The van der Waals surface area contributed by atoms with Crippen molar-refractivity contribution < 1.29 is 8.42 Å². The van der Waals surface area contributed by atoms with E-state index in [1.807, 2.05) is 19.1 Å². The minimum absolute atomic E-state index is 0.252. The van der Waals surface area contributed by atoms with E-state index in [1.165, 1.54) is 0 Å². The Kier molecular flexibility index (Phi) is 3.82. The summed E-state index contributed by atoms with van der Waals surface area (Å²) in [5, 5.41) is 1.00. The van der Waals surface area contributed by atoms with Crippen molar-refractivity contribution in [1.82, 2.24) is 9.29 Å². The Hall–Kier alpha value is -0.980. The van der Waals surface area contributed by atoms with Crippen LogP contribution in [0.25, 0.3) is 0 Å². The summed E-state index contributed by atoms with van der Waals surface area (Å²) in [4.78, 5) is 6.12. The molecule has 0 spiro atoms. The van der Waals surface area contributed by atoms with Crippen LogP contribution in [0, 0.1) is 12.8 Å². The lowest BCUT2D eigenvalue weighted by molar-refractivity contribution is 0.300. The van der Waals surface area contributed by atoms with Crippen LogP contribution in [0.3, 0.4) is 0 Å². The number of sulfonamides is 1. The Labute approximate surface area is 136 Å². The molecule has 0 bridgehead atoms. The van der Waals surface area contributed by atoms with Gasteiger partial charge in [-0.25, -0.2) is 13.4 Å². The molecule has 1 aromatic rings. The molecule has 1 aliphatic heterocycles. The van der Waals surface area contributed by atoms with E-state index in [0.29, 0.717) is 23.9 Å². The molecule has 0 saturated heterocycles. The lowest BCUT2D eigenvalue weighted by Crippen LogP contribution is -2.45. The fourth-order valence-electron chi connectivity index (χ4n) is 3.06. The van der Waals surface area contributed by atoms with Gasteiger partial charge in [0.1, 0.15) is 0 Å². The maximum absolute atomic E-state index is 12.9. The average Bonchev–Trinajstić information content (AvgIpc) is 2.80. The third-order valence-corrected chi connectivity index (χ3v) is 7.05. The Bertz CT molecular complexity index is 757. The minimum atomic E-state index is -3.43. The Morgan fingerprint density at radius 3 is 2.77 bits per heavy atom. The number of allylic oxidation sites excluding steroid dienone is 3. The molecular weight excluding hydrogens is 316 g/mol. The van der Waals surface area contributed by atoms with E-state index in [1.54, 1.807) is 21.7 Å². The predicted molar refractivity (Wildman–Crippen MR) is 90.2 cm³/mol. The van der Waals surface area contributed by atoms with E-state index in [9.17, 15) is 8.42 Å². The molecule has 0 radical (unpaired) electrons. The summed E-state index contributed by atoms with van der Waals surface area (Å²) >= 11 is 1.60. The van der Waals surface area contributed by atoms with Gasteiger partial charge < -0.3 is 0 Å². The molecule has 0 N–H and O–H groups in total. The fraction of sp³-hybridized carbons (Fsp3) is 0.562. The zero-order valence-corrected chi connectivity index (χ0v) is 15.1. The van der Waals surface area contributed by atoms with Crippen molar-refractivity contribution in [3.8, 4) is 0 Å². The van der Waals surface area contributed by atoms with Crippen molar-refractivity contribution in [3.05, 3.63) is 38.7 Å². The van der Waals surface area contributed by atoms with Gasteiger partial charge in [0.25, 0.3) is 0 Å². The molecule has 0 saturated carbocycles. The van der Waals surface area contributed by atoms with Crippen LogP contribution in [0.2, 0.25) is 0 Å². The van der Waals surface area contributed by atoms with E-state index < -0.39 is 10.0 Å². The maximum atomic E-state index is 12.9. The first-order chi connectivity index (χ1) is 10.2. The van der Waals surface area contributed by atoms with Crippen LogP contribution in [-0.2, 0) is 22.0 Å². The Morgan fingerprint density at radius 1 is 1.41 bits per heavy atom. The van der Waals surface area contributed by atoms with Gasteiger partial charge in [0.2, 0.25) is 10.0 Å². The molecule has 120 valence electrons. The molecule has 4 nitrogen and oxygen atoms in total. The van der Waals surface area contributed by atoms with Gasteiger partial charge in [0.05, 0.1) is 22.2 Å². The second kappa shape index (κ2) is 5.28. The highest BCUT2D eigenvalue weighted by atomic mass is 32.2. The summed E-state index contributed by atoms with van der Waals surface area (Å²) < 4.78 is 27.5. The van der Waals surface area contributed by atoms with Crippen LogP contribution >= 0.6 is 11.3 Å². The summed E-state index contributed by atoms with van der Waals surface area (Å²) in [5.41, 5.74) is 0.806. The minimum Gasteiger partial charge on any atom is -0.246 e. The molecule has 0 amide bonds. The Balaban J connectivity index is 1.95. The topological polar surface area (TPSA) is 50.3 Å². The number of rotatable bonds is 2. The first kappa shape index (κ1) is 15.9. The molecule has 1 aromatic heterocycles. The van der Waals surface area contributed by atoms with E-state index in [0.717, 1.165) is 22.0 Å². The molecule has 0 aromatic carbocycles. The third kappa shape index (κ3) is 2.68. The number of hydrogen-bond donors (Lipinski definition) is 0. The largest absolute Gasteiger partial charge is 0.246 e. The zero-order valence-electron chi connectivity index (χ0n) is 13.5. The first-order valence-corrected chi connectivity index (χ1v) is 9.81. The molecule has 2 aliphatic rings. The number of aromatic nitrogens is 1. The SMILES string of the molecule is Cc1nc2c(s1)CN(S(=O)(=O)C1=CCC(C)C=C1)CC2(C)C. The van der Waals surface area contributed by atoms with Crippen molar-refractivity contribution in [2.45, 2.75) is 46.1 Å². The maximum Gasteiger partial charge on any atom is 0.243 e. The summed E-state index contributed by atoms with van der Waals surface area (Å²) in [6.45, 7) is 9.12. The van der Waals surface area contributed by atoms with Gasteiger partial charge in [-0.1, -0.05) is 32.9 Å². The normalized spacial score (nSPS) is 24.9. The summed E-state index contributed by atoms with van der Waals surface area (Å²) in [5.74, 6) is 0.410. The van der Waals surface area contributed by atoms with Gasteiger partial charge in [0.15, 0.2) is 0 Å². The number of aryl methyl sites for hydroxylation is 1. The first-order valence-electron chi connectivity index (χ1n) is 7.55. The predicted octanol–water partition coefficient (Wildman–Crippen LogP) is 3.35. The Morgan fingerprint density at radius 2 is 2.14 bits per heavy atom. The highest BCUT2D eigenvalue weighted by Crippen LogP contribution is 2.38. The van der Waals surface area contributed by atoms with E-state index >= 15 is 0 Å². The van der Waals surface area contributed by atoms with E-state index in [2.05, 4.69) is 25.8 Å².